The number of hydrogen-bond donors (Lipinski definition) is 2. The minimum atomic E-state index is -3.50. The quantitative estimate of drug-likeness (QED) is 0.796. The predicted molar refractivity (Wildman–Crippen MR) is 69.8 cm³/mol. The summed E-state index contributed by atoms with van der Waals surface area (Å²) in [5, 5.41) is 0. The lowest BCUT2D eigenvalue weighted by Crippen LogP contribution is -2.35. The molecule has 2 rings (SSSR count). The Morgan fingerprint density at radius 2 is 2.28 bits per heavy atom. The summed E-state index contributed by atoms with van der Waals surface area (Å²) in [6.45, 7) is 3.01. The molecule has 18 heavy (non-hydrogen) atoms. The van der Waals surface area contributed by atoms with Gasteiger partial charge in [0.1, 0.15) is 0 Å². The summed E-state index contributed by atoms with van der Waals surface area (Å²) in [6, 6.07) is 4.72. The summed E-state index contributed by atoms with van der Waals surface area (Å²) in [5.41, 5.74) is 7.29. The van der Waals surface area contributed by atoms with Crippen LogP contribution in [0.3, 0.4) is 0 Å². The number of rotatable bonds is 4. The average Bonchev–Trinajstić information content (AvgIpc) is 2.81. The number of nitrogen functional groups attached to an aromatic ring is 1. The Bertz CT molecular complexity index is 522. The second-order valence-corrected chi connectivity index (χ2v) is 6.11. The Balaban J connectivity index is 2.21. The van der Waals surface area contributed by atoms with Gasteiger partial charge in [0, 0.05) is 18.3 Å². The second-order valence-electron chi connectivity index (χ2n) is 4.40. The Morgan fingerprint density at radius 1 is 1.50 bits per heavy atom. The molecule has 100 valence electrons. The molecule has 3 N–H and O–H groups in total. The van der Waals surface area contributed by atoms with Crippen LogP contribution in [0.5, 0.6) is 0 Å². The molecule has 6 heteroatoms. The zero-order valence-corrected chi connectivity index (χ0v) is 11.2. The van der Waals surface area contributed by atoms with Crippen molar-refractivity contribution in [2.24, 2.45) is 0 Å². The first kappa shape index (κ1) is 13.3. The average molecular weight is 270 g/mol. The van der Waals surface area contributed by atoms with E-state index < -0.39 is 10.0 Å². The van der Waals surface area contributed by atoms with E-state index in [2.05, 4.69) is 4.72 Å². The molecule has 5 nitrogen and oxygen atoms in total. The molecule has 1 aliphatic heterocycles. The molecular weight excluding hydrogens is 252 g/mol. The molecule has 0 radical (unpaired) electrons. The van der Waals surface area contributed by atoms with E-state index in [1.54, 1.807) is 12.1 Å². The SMILES string of the molecule is CCc1ccc(S(=O)(=O)NC2CCOC2)cc1N. The van der Waals surface area contributed by atoms with Crippen molar-refractivity contribution in [3.05, 3.63) is 23.8 Å². The maximum atomic E-state index is 12.1. The van der Waals surface area contributed by atoms with Crippen LogP contribution in [0.1, 0.15) is 18.9 Å². The highest BCUT2D eigenvalue weighted by Gasteiger charge is 2.23. The fourth-order valence-corrected chi connectivity index (χ4v) is 3.27. The monoisotopic (exact) mass is 270 g/mol. The fourth-order valence-electron chi connectivity index (χ4n) is 1.98. The van der Waals surface area contributed by atoms with Crippen LogP contribution in [0.25, 0.3) is 0 Å². The first-order chi connectivity index (χ1) is 8.53. The van der Waals surface area contributed by atoms with Gasteiger partial charge in [-0.2, -0.15) is 0 Å². The van der Waals surface area contributed by atoms with E-state index in [9.17, 15) is 8.42 Å². The number of nitrogens with one attached hydrogen (secondary N) is 1. The second kappa shape index (κ2) is 5.26. The maximum Gasteiger partial charge on any atom is 0.240 e. The van der Waals surface area contributed by atoms with E-state index in [0.717, 1.165) is 12.0 Å². The van der Waals surface area contributed by atoms with Gasteiger partial charge in [-0.3, -0.25) is 0 Å². The third-order valence-electron chi connectivity index (χ3n) is 3.06. The van der Waals surface area contributed by atoms with Crippen molar-refractivity contribution in [2.45, 2.75) is 30.7 Å². The van der Waals surface area contributed by atoms with Crippen LogP contribution in [0, 0.1) is 0 Å². The highest BCUT2D eigenvalue weighted by Crippen LogP contribution is 2.19. The van der Waals surface area contributed by atoms with E-state index in [-0.39, 0.29) is 10.9 Å². The van der Waals surface area contributed by atoms with Crippen molar-refractivity contribution in [3.8, 4) is 0 Å². The summed E-state index contributed by atoms with van der Waals surface area (Å²) < 4.78 is 32.0. The van der Waals surface area contributed by atoms with Crippen molar-refractivity contribution in [2.75, 3.05) is 18.9 Å². The Morgan fingerprint density at radius 3 is 2.83 bits per heavy atom. The number of sulfonamides is 1. The Hall–Kier alpha value is -1.11. The van der Waals surface area contributed by atoms with Gasteiger partial charge in [0.2, 0.25) is 10.0 Å². The highest BCUT2D eigenvalue weighted by atomic mass is 32.2. The van der Waals surface area contributed by atoms with Gasteiger partial charge in [0.15, 0.2) is 0 Å². The molecule has 1 aromatic carbocycles. The summed E-state index contributed by atoms with van der Waals surface area (Å²) in [6.07, 6.45) is 1.50. The molecular formula is C12H18N2O3S. The number of hydrogen-bond acceptors (Lipinski definition) is 4. The van der Waals surface area contributed by atoms with Crippen LogP contribution in [-0.4, -0.2) is 27.7 Å². The molecule has 1 aromatic rings. The van der Waals surface area contributed by atoms with Gasteiger partial charge in [-0.15, -0.1) is 0 Å². The van der Waals surface area contributed by atoms with Crippen LogP contribution in [0.15, 0.2) is 23.1 Å². The molecule has 1 heterocycles. The van der Waals surface area contributed by atoms with Crippen molar-refractivity contribution in [1.29, 1.82) is 0 Å². The minimum Gasteiger partial charge on any atom is -0.398 e. The van der Waals surface area contributed by atoms with Gasteiger partial charge in [-0.1, -0.05) is 13.0 Å². The summed E-state index contributed by atoms with van der Waals surface area (Å²) in [4.78, 5) is 0.212. The molecule has 0 amide bonds. The molecule has 0 aliphatic carbocycles. The summed E-state index contributed by atoms with van der Waals surface area (Å²) >= 11 is 0. The third-order valence-corrected chi connectivity index (χ3v) is 4.58. The van der Waals surface area contributed by atoms with Crippen LogP contribution in [0.2, 0.25) is 0 Å². The van der Waals surface area contributed by atoms with E-state index in [1.807, 2.05) is 6.92 Å². The van der Waals surface area contributed by atoms with Crippen LogP contribution in [-0.2, 0) is 21.2 Å². The molecule has 1 atom stereocenters. The van der Waals surface area contributed by atoms with E-state index in [1.165, 1.54) is 6.07 Å². The van der Waals surface area contributed by atoms with Gasteiger partial charge in [0.05, 0.1) is 11.5 Å². The van der Waals surface area contributed by atoms with Gasteiger partial charge >= 0.3 is 0 Å². The van der Waals surface area contributed by atoms with E-state index in [0.29, 0.717) is 25.3 Å². The number of ether oxygens (including phenoxy) is 1. The fraction of sp³-hybridized carbons (Fsp3) is 0.500. The van der Waals surface area contributed by atoms with Crippen LogP contribution in [0.4, 0.5) is 5.69 Å². The van der Waals surface area contributed by atoms with Gasteiger partial charge < -0.3 is 10.5 Å². The lowest BCUT2D eigenvalue weighted by atomic mass is 10.1. The van der Waals surface area contributed by atoms with Crippen LogP contribution >= 0.6 is 0 Å². The Kier molecular flexibility index (Phi) is 3.89. The molecule has 0 bridgehead atoms. The first-order valence-corrected chi connectivity index (χ1v) is 7.49. The molecule has 1 unspecified atom stereocenters. The van der Waals surface area contributed by atoms with E-state index >= 15 is 0 Å². The number of anilines is 1. The normalized spacial score (nSPS) is 20.2. The summed E-state index contributed by atoms with van der Waals surface area (Å²) in [7, 11) is -3.50. The molecule has 1 fully saturated rings. The highest BCUT2D eigenvalue weighted by molar-refractivity contribution is 7.89. The number of aryl methyl sites for hydroxylation is 1. The van der Waals surface area contributed by atoms with Crippen molar-refractivity contribution in [1.82, 2.24) is 4.72 Å². The molecule has 1 aliphatic rings. The maximum absolute atomic E-state index is 12.1. The third kappa shape index (κ3) is 2.82. The smallest absolute Gasteiger partial charge is 0.240 e. The van der Waals surface area contributed by atoms with Crippen molar-refractivity contribution in [3.63, 3.8) is 0 Å². The lowest BCUT2D eigenvalue weighted by Gasteiger charge is -2.12. The molecule has 1 saturated heterocycles. The van der Waals surface area contributed by atoms with Gasteiger partial charge in [-0.25, -0.2) is 13.1 Å². The van der Waals surface area contributed by atoms with Crippen molar-refractivity contribution < 1.29 is 13.2 Å². The van der Waals surface area contributed by atoms with Crippen LogP contribution < -0.4 is 10.5 Å². The zero-order valence-electron chi connectivity index (χ0n) is 10.3. The molecule has 0 saturated carbocycles. The zero-order chi connectivity index (χ0) is 13.2. The first-order valence-electron chi connectivity index (χ1n) is 6.01. The standard InChI is InChI=1S/C12H18N2O3S/c1-2-9-3-4-11(7-12(9)13)18(15,16)14-10-5-6-17-8-10/h3-4,7,10,14H,2,5-6,8,13H2,1H3. The topological polar surface area (TPSA) is 81.4 Å². The number of nitrogens with two attached hydrogens (primary N) is 1. The molecule has 0 aromatic heterocycles. The minimum absolute atomic E-state index is 0.137. The largest absolute Gasteiger partial charge is 0.398 e. The Labute approximate surface area is 107 Å². The van der Waals surface area contributed by atoms with Gasteiger partial charge in [0.25, 0.3) is 0 Å². The molecule has 0 spiro atoms. The summed E-state index contributed by atoms with van der Waals surface area (Å²) in [5.74, 6) is 0. The van der Waals surface area contributed by atoms with Gasteiger partial charge in [-0.05, 0) is 30.5 Å². The van der Waals surface area contributed by atoms with Crippen molar-refractivity contribution >= 4 is 15.7 Å². The predicted octanol–water partition coefficient (Wildman–Crippen LogP) is 0.898. The van der Waals surface area contributed by atoms with E-state index in [4.69, 9.17) is 10.5 Å². The lowest BCUT2D eigenvalue weighted by molar-refractivity contribution is 0.192. The number of benzene rings is 1.